The van der Waals surface area contributed by atoms with Crippen LogP contribution in [0.4, 0.5) is 0 Å². The van der Waals surface area contributed by atoms with Gasteiger partial charge in [0.15, 0.2) is 0 Å². The van der Waals surface area contributed by atoms with Crippen LogP contribution in [0.25, 0.3) is 0 Å². The van der Waals surface area contributed by atoms with Crippen LogP contribution in [0, 0.1) is 0 Å². The molecule has 4 heteroatoms. The molecule has 0 saturated carbocycles. The van der Waals surface area contributed by atoms with E-state index in [0.29, 0.717) is 0 Å². The molecule has 0 aliphatic carbocycles. The molecular weight excluding hydrogens is 160 g/mol. The van der Waals surface area contributed by atoms with Gasteiger partial charge in [-0.2, -0.15) is 0 Å². The van der Waals surface area contributed by atoms with Crippen LogP contribution in [0.3, 0.4) is 0 Å². The van der Waals surface area contributed by atoms with Gasteiger partial charge in [0, 0.05) is 27.3 Å². The summed E-state index contributed by atoms with van der Waals surface area (Å²) in [5.41, 5.74) is 0. The molecular formula is H2CdO3. The third kappa shape index (κ3) is 14.1. The zero-order valence-corrected chi connectivity index (χ0v) is 6.05. The van der Waals surface area contributed by atoms with Crippen molar-refractivity contribution in [3.8, 4) is 0 Å². The zero-order valence-electron chi connectivity index (χ0n) is 2.01. The van der Waals surface area contributed by atoms with E-state index >= 15 is 0 Å². The Morgan fingerprint density at radius 2 is 1.25 bits per heavy atom. The van der Waals surface area contributed by atoms with Crippen molar-refractivity contribution in [2.75, 3.05) is 0 Å². The Hall–Kier alpha value is 0.802. The van der Waals surface area contributed by atoms with E-state index in [0.717, 1.165) is 0 Å². The van der Waals surface area contributed by atoms with E-state index in [1.165, 1.54) is 0 Å². The molecule has 0 aliphatic rings. The van der Waals surface area contributed by atoms with Crippen molar-refractivity contribution in [3.05, 3.63) is 0 Å². The van der Waals surface area contributed by atoms with Crippen molar-refractivity contribution < 1.29 is 42.9 Å². The Balaban J connectivity index is 0. The van der Waals surface area contributed by atoms with Gasteiger partial charge in [-0.3, -0.25) is 0 Å². The van der Waals surface area contributed by atoms with Crippen molar-refractivity contribution in [2.45, 2.75) is 0 Å². The fourth-order valence-electron chi connectivity index (χ4n) is 0. The summed E-state index contributed by atoms with van der Waals surface area (Å²) in [6, 6.07) is 0. The van der Waals surface area contributed by atoms with Gasteiger partial charge in [-0.25, -0.2) is 10.5 Å². The third-order valence-corrected chi connectivity index (χ3v) is 0. The first-order valence-corrected chi connectivity index (χ1v) is 0.365. The predicted octanol–water partition coefficient (Wildman–Crippen LogP) is -0.0535. The summed E-state index contributed by atoms with van der Waals surface area (Å²) in [4.78, 5) is 0. The van der Waals surface area contributed by atoms with E-state index in [1.54, 1.807) is 0 Å². The fraction of sp³-hybridized carbons (Fsp3) is 0. The van der Waals surface area contributed by atoms with E-state index in [-0.39, 0.29) is 27.3 Å². The molecule has 4 heavy (non-hydrogen) atoms. The van der Waals surface area contributed by atoms with Gasteiger partial charge in [-0.1, -0.05) is 5.04 Å². The molecule has 0 aliphatic heterocycles. The smallest absolute Gasteiger partial charge is 0 e. The molecule has 0 heterocycles. The number of hydrogen-bond donors (Lipinski definition) is 2. The molecule has 0 aromatic carbocycles. The van der Waals surface area contributed by atoms with Gasteiger partial charge < -0.3 is 0 Å². The van der Waals surface area contributed by atoms with Crippen molar-refractivity contribution in [1.29, 1.82) is 0 Å². The maximum absolute atomic E-state index is 6.62. The normalized spacial score (nSPS) is 4.50. The number of hydrogen-bond acceptors (Lipinski definition) is 3. The second kappa shape index (κ2) is 9.19. The molecule has 0 fully saturated rings. The van der Waals surface area contributed by atoms with Crippen LogP contribution < -0.4 is 0 Å². The average molecular weight is 162 g/mol. The van der Waals surface area contributed by atoms with Crippen LogP contribution in [-0.2, 0) is 32.3 Å². The van der Waals surface area contributed by atoms with E-state index in [9.17, 15) is 0 Å². The average Bonchev–Trinajstić information content (AvgIpc) is 0.918. The second-order valence-corrected chi connectivity index (χ2v) is 0.0816. The minimum atomic E-state index is 0. The quantitative estimate of drug-likeness (QED) is 0.298. The van der Waals surface area contributed by atoms with E-state index in [1.807, 2.05) is 0 Å². The van der Waals surface area contributed by atoms with Gasteiger partial charge >= 0.3 is 0 Å². The molecule has 3 nitrogen and oxygen atoms in total. The van der Waals surface area contributed by atoms with Gasteiger partial charge in [0.25, 0.3) is 0 Å². The second-order valence-electron chi connectivity index (χ2n) is 0.0816. The maximum atomic E-state index is 6.62. The first-order valence-electron chi connectivity index (χ1n) is 0.365. The van der Waals surface area contributed by atoms with Gasteiger partial charge in [-0.05, 0) is 0 Å². The van der Waals surface area contributed by atoms with E-state index in [2.05, 4.69) is 5.04 Å². The van der Waals surface area contributed by atoms with Crippen LogP contribution >= 0.6 is 0 Å². The molecule has 2 N–H and O–H groups in total. The molecule has 0 aromatic heterocycles. The van der Waals surface area contributed by atoms with Gasteiger partial charge in [0.1, 0.15) is 0 Å². The standard InChI is InChI=1S/Cd.H2O3/c;1-3-2/h;1-2H. The summed E-state index contributed by atoms with van der Waals surface area (Å²) in [7, 11) is 0. The minimum absolute atomic E-state index is 0. The monoisotopic (exact) mass is 164 g/mol. The number of rotatable bonds is 0. The molecule has 0 saturated heterocycles. The molecule has 0 radical (unpaired) electrons. The minimum Gasteiger partial charge on any atom is -0.221 e. The van der Waals surface area contributed by atoms with Crippen LogP contribution in [0.2, 0.25) is 0 Å². The predicted molar refractivity (Wildman–Crippen MR) is 6.34 cm³/mol. The summed E-state index contributed by atoms with van der Waals surface area (Å²) in [6.45, 7) is 0. The first kappa shape index (κ1) is 8.84. The summed E-state index contributed by atoms with van der Waals surface area (Å²) in [5.74, 6) is 0. The Morgan fingerprint density at radius 3 is 1.25 bits per heavy atom. The molecule has 0 atom stereocenters. The summed E-state index contributed by atoms with van der Waals surface area (Å²) in [5, 5.41) is 15.5. The summed E-state index contributed by atoms with van der Waals surface area (Å²) >= 11 is 0. The molecule has 22 valence electrons. The molecule has 0 rings (SSSR count). The van der Waals surface area contributed by atoms with Gasteiger partial charge in [0.2, 0.25) is 0 Å². The van der Waals surface area contributed by atoms with Crippen LogP contribution in [-0.4, -0.2) is 10.5 Å². The van der Waals surface area contributed by atoms with E-state index < -0.39 is 0 Å². The largest absolute Gasteiger partial charge is 0.221 e. The molecule has 0 aromatic rings. The van der Waals surface area contributed by atoms with Crippen LogP contribution in [0.1, 0.15) is 0 Å². The Morgan fingerprint density at radius 1 is 1.25 bits per heavy atom. The van der Waals surface area contributed by atoms with Crippen LogP contribution in [0.15, 0.2) is 0 Å². The van der Waals surface area contributed by atoms with Crippen molar-refractivity contribution in [1.82, 2.24) is 0 Å². The zero-order chi connectivity index (χ0) is 2.71. The third-order valence-electron chi connectivity index (χ3n) is 0. The molecule has 0 bridgehead atoms. The first-order chi connectivity index (χ1) is 1.41. The molecule has 0 spiro atoms. The Labute approximate surface area is 43.2 Å². The van der Waals surface area contributed by atoms with Crippen LogP contribution in [0.5, 0.6) is 0 Å². The maximum Gasteiger partial charge on any atom is 0 e. The van der Waals surface area contributed by atoms with Crippen molar-refractivity contribution in [2.24, 2.45) is 0 Å². The SMILES string of the molecule is OOO.[Cd]. The topological polar surface area (TPSA) is 49.7 Å². The Bertz CT molecular complexity index is 3.25. The van der Waals surface area contributed by atoms with Gasteiger partial charge in [-0.15, -0.1) is 0 Å². The van der Waals surface area contributed by atoms with E-state index in [4.69, 9.17) is 10.5 Å². The molecule has 0 unspecified atom stereocenters. The van der Waals surface area contributed by atoms with Gasteiger partial charge in [0.05, 0.1) is 0 Å². The summed E-state index contributed by atoms with van der Waals surface area (Å²) < 4.78 is 0. The fourth-order valence-corrected chi connectivity index (χ4v) is 0. The summed E-state index contributed by atoms with van der Waals surface area (Å²) in [6.07, 6.45) is 0. The Kier molecular flexibility index (Phi) is 20.3. The van der Waals surface area contributed by atoms with Crippen molar-refractivity contribution >= 4 is 0 Å². The van der Waals surface area contributed by atoms with Crippen molar-refractivity contribution in [3.63, 3.8) is 0 Å². The molecule has 0 amide bonds.